The summed E-state index contributed by atoms with van der Waals surface area (Å²) in [5, 5.41) is 2.62. The maximum absolute atomic E-state index is 15.3. The number of fused-ring (bicyclic) bond motifs is 1. The molecule has 1 unspecified atom stereocenters. The number of cyclic esters (lactones) is 1. The number of hydrogen-bond donors (Lipinski definition) is 1. The summed E-state index contributed by atoms with van der Waals surface area (Å²) in [5.74, 6) is -0.226. The van der Waals surface area contributed by atoms with Gasteiger partial charge in [-0.15, -0.1) is 0 Å². The minimum Gasteiger partial charge on any atom is -0.442 e. The fourth-order valence-corrected chi connectivity index (χ4v) is 4.12. The average molecular weight is 454 g/mol. The van der Waals surface area contributed by atoms with E-state index in [1.54, 1.807) is 12.1 Å². The van der Waals surface area contributed by atoms with Gasteiger partial charge in [0, 0.05) is 13.5 Å². The smallest absolute Gasteiger partial charge is 0.414 e. The first-order valence-corrected chi connectivity index (χ1v) is 10.7. The van der Waals surface area contributed by atoms with Crippen molar-refractivity contribution < 1.29 is 27.9 Å². The Morgan fingerprint density at radius 2 is 2.12 bits per heavy atom. The Kier molecular flexibility index (Phi) is 5.59. The lowest BCUT2D eigenvalue weighted by Gasteiger charge is -2.35. The van der Waals surface area contributed by atoms with Crippen LogP contribution >= 0.6 is 0 Å². The summed E-state index contributed by atoms with van der Waals surface area (Å²) in [4.78, 5) is 31.2. The number of anilines is 2. The van der Waals surface area contributed by atoms with E-state index >= 15 is 4.39 Å². The molecule has 9 nitrogen and oxygen atoms in total. The third kappa shape index (κ3) is 4.21. The molecule has 0 spiro atoms. The first-order valence-electron chi connectivity index (χ1n) is 10.7. The van der Waals surface area contributed by atoms with Crippen LogP contribution in [0.4, 0.5) is 20.6 Å². The Balaban J connectivity index is 1.37. The van der Waals surface area contributed by atoms with E-state index in [-0.39, 0.29) is 25.0 Å². The summed E-state index contributed by atoms with van der Waals surface area (Å²) < 4.78 is 32.1. The molecule has 33 heavy (non-hydrogen) atoms. The maximum atomic E-state index is 15.3. The molecular formula is C23H23FN4O5. The highest BCUT2D eigenvalue weighted by molar-refractivity contribution is 5.90. The molecule has 0 radical (unpaired) electrons. The molecule has 2 atom stereocenters. The van der Waals surface area contributed by atoms with Gasteiger partial charge in [0.2, 0.25) is 11.8 Å². The van der Waals surface area contributed by atoms with Gasteiger partial charge in [-0.05, 0) is 30.3 Å². The van der Waals surface area contributed by atoms with Crippen molar-refractivity contribution >= 4 is 34.5 Å². The summed E-state index contributed by atoms with van der Waals surface area (Å²) >= 11 is 0. The van der Waals surface area contributed by atoms with Crippen molar-refractivity contribution in [2.24, 2.45) is 0 Å². The van der Waals surface area contributed by atoms with Gasteiger partial charge < -0.3 is 24.1 Å². The number of halogens is 1. The Hall–Kier alpha value is -3.66. The van der Waals surface area contributed by atoms with Crippen molar-refractivity contribution in [2.45, 2.75) is 19.1 Å². The second kappa shape index (κ2) is 8.70. The van der Waals surface area contributed by atoms with Crippen molar-refractivity contribution in [3.63, 3.8) is 0 Å². The van der Waals surface area contributed by atoms with Gasteiger partial charge in [-0.25, -0.2) is 14.2 Å². The van der Waals surface area contributed by atoms with Crippen LogP contribution < -0.4 is 15.1 Å². The molecule has 0 saturated carbocycles. The number of oxazole rings is 1. The van der Waals surface area contributed by atoms with Crippen LogP contribution in [0, 0.1) is 5.82 Å². The second-order valence-corrected chi connectivity index (χ2v) is 7.99. The zero-order valence-corrected chi connectivity index (χ0v) is 18.0. The Morgan fingerprint density at radius 1 is 1.27 bits per heavy atom. The fraction of sp³-hybridized carbons (Fsp3) is 0.348. The third-order valence-corrected chi connectivity index (χ3v) is 5.73. The number of morpholine rings is 1. The predicted octanol–water partition coefficient (Wildman–Crippen LogP) is 3.01. The summed E-state index contributed by atoms with van der Waals surface area (Å²) in [6, 6.07) is 11.7. The number of nitrogens with one attached hydrogen (secondary N) is 1. The number of carbonyl (C=O) groups excluding carboxylic acids is 2. The number of benzene rings is 2. The van der Waals surface area contributed by atoms with Crippen LogP contribution in [-0.4, -0.2) is 55.9 Å². The topological polar surface area (TPSA) is 97.1 Å². The SMILES string of the molecule is CC(=O)NC[C@H]1CN(c2ccc(N3CCOCC3c3nc4ccccc4o3)c(F)c2)C(=O)O1. The fourth-order valence-electron chi connectivity index (χ4n) is 4.12. The lowest BCUT2D eigenvalue weighted by Crippen LogP contribution is -2.40. The van der Waals surface area contributed by atoms with Crippen molar-refractivity contribution in [3.8, 4) is 0 Å². The highest BCUT2D eigenvalue weighted by Gasteiger charge is 2.34. The minimum absolute atomic E-state index is 0.206. The highest BCUT2D eigenvalue weighted by atomic mass is 19.1. The zero-order chi connectivity index (χ0) is 22.9. The number of nitrogens with zero attached hydrogens (tertiary/aromatic N) is 3. The normalized spacial score (nSPS) is 20.8. The van der Waals surface area contributed by atoms with Crippen LogP contribution in [0.25, 0.3) is 11.1 Å². The van der Waals surface area contributed by atoms with E-state index in [0.717, 1.165) is 5.52 Å². The lowest BCUT2D eigenvalue weighted by atomic mass is 10.1. The molecule has 2 aromatic carbocycles. The van der Waals surface area contributed by atoms with Crippen LogP contribution in [0.3, 0.4) is 0 Å². The summed E-state index contributed by atoms with van der Waals surface area (Å²) in [5.41, 5.74) is 2.15. The van der Waals surface area contributed by atoms with E-state index in [4.69, 9.17) is 13.9 Å². The molecule has 2 saturated heterocycles. The van der Waals surface area contributed by atoms with E-state index in [9.17, 15) is 9.59 Å². The first kappa shape index (κ1) is 21.2. The molecule has 2 aliphatic rings. The molecule has 0 aliphatic carbocycles. The molecule has 10 heteroatoms. The highest BCUT2D eigenvalue weighted by Crippen LogP contribution is 2.35. The number of hydrogen-bond acceptors (Lipinski definition) is 7. The molecular weight excluding hydrogens is 431 g/mol. The average Bonchev–Trinajstić information content (AvgIpc) is 3.41. The Labute approximate surface area is 189 Å². The number of para-hydroxylation sites is 2. The molecule has 2 amide bonds. The molecule has 2 aliphatic heterocycles. The minimum atomic E-state index is -0.576. The van der Waals surface area contributed by atoms with E-state index in [1.807, 2.05) is 29.2 Å². The molecule has 0 bridgehead atoms. The number of aromatic nitrogens is 1. The molecule has 3 aromatic rings. The van der Waals surface area contributed by atoms with E-state index in [1.165, 1.54) is 17.9 Å². The van der Waals surface area contributed by atoms with Crippen molar-refractivity contribution in [1.82, 2.24) is 10.3 Å². The largest absolute Gasteiger partial charge is 0.442 e. The summed E-state index contributed by atoms with van der Waals surface area (Å²) in [6.45, 7) is 3.05. The number of ether oxygens (including phenoxy) is 2. The van der Waals surface area contributed by atoms with E-state index in [2.05, 4.69) is 10.3 Å². The monoisotopic (exact) mass is 454 g/mol. The molecule has 172 valence electrons. The van der Waals surface area contributed by atoms with Gasteiger partial charge in [0.05, 0.1) is 37.7 Å². The lowest BCUT2D eigenvalue weighted by molar-refractivity contribution is -0.119. The van der Waals surface area contributed by atoms with Gasteiger partial charge in [0.15, 0.2) is 5.58 Å². The molecule has 2 fully saturated rings. The van der Waals surface area contributed by atoms with Gasteiger partial charge in [-0.1, -0.05) is 12.1 Å². The number of carbonyl (C=O) groups is 2. The van der Waals surface area contributed by atoms with Crippen molar-refractivity contribution in [2.75, 3.05) is 42.6 Å². The quantitative estimate of drug-likeness (QED) is 0.633. The second-order valence-electron chi connectivity index (χ2n) is 7.99. The van der Waals surface area contributed by atoms with E-state index < -0.39 is 18.0 Å². The standard InChI is InChI=1S/C23H23FN4O5/c1-14(29)25-11-16-12-28(23(30)32-16)15-6-7-19(17(24)10-15)27-8-9-31-13-20(27)22-26-18-4-2-3-5-21(18)33-22/h2-7,10,16,20H,8-9,11-13H2,1H3,(H,25,29)/t16-,20?/m0/s1. The molecule has 3 heterocycles. The van der Waals surface area contributed by atoms with Crippen molar-refractivity contribution in [3.05, 3.63) is 54.2 Å². The van der Waals surface area contributed by atoms with E-state index in [0.29, 0.717) is 42.6 Å². The van der Waals surface area contributed by atoms with Gasteiger partial charge in [0.1, 0.15) is 23.5 Å². The van der Waals surface area contributed by atoms with Crippen molar-refractivity contribution in [1.29, 1.82) is 0 Å². The third-order valence-electron chi connectivity index (χ3n) is 5.73. The summed E-state index contributed by atoms with van der Waals surface area (Å²) in [6.07, 6.45) is -1.07. The number of rotatable bonds is 5. The first-order chi connectivity index (χ1) is 16.0. The molecule has 5 rings (SSSR count). The Bertz CT molecular complexity index is 1170. The van der Waals surface area contributed by atoms with Crippen LogP contribution in [0.1, 0.15) is 18.9 Å². The van der Waals surface area contributed by atoms with Gasteiger partial charge >= 0.3 is 6.09 Å². The molecule has 1 N–H and O–H groups in total. The van der Waals surface area contributed by atoms with Crippen LogP contribution in [0.5, 0.6) is 0 Å². The Morgan fingerprint density at radius 3 is 2.91 bits per heavy atom. The summed E-state index contributed by atoms with van der Waals surface area (Å²) in [7, 11) is 0. The maximum Gasteiger partial charge on any atom is 0.414 e. The molecule has 1 aromatic heterocycles. The van der Waals surface area contributed by atoms with Crippen LogP contribution in [-0.2, 0) is 14.3 Å². The number of amides is 2. The van der Waals surface area contributed by atoms with Crippen LogP contribution in [0.2, 0.25) is 0 Å². The zero-order valence-electron chi connectivity index (χ0n) is 18.0. The van der Waals surface area contributed by atoms with Gasteiger partial charge in [-0.2, -0.15) is 0 Å². The van der Waals surface area contributed by atoms with Gasteiger partial charge in [0.25, 0.3) is 0 Å². The van der Waals surface area contributed by atoms with Gasteiger partial charge in [-0.3, -0.25) is 9.69 Å². The van der Waals surface area contributed by atoms with Crippen LogP contribution in [0.15, 0.2) is 46.9 Å². The predicted molar refractivity (Wildman–Crippen MR) is 118 cm³/mol.